The van der Waals surface area contributed by atoms with Gasteiger partial charge in [0.1, 0.15) is 0 Å². The van der Waals surface area contributed by atoms with E-state index in [1.54, 1.807) is 0 Å². The first-order valence-electron chi connectivity index (χ1n) is 14.0. The lowest BCUT2D eigenvalue weighted by atomic mass is 9.88. The van der Waals surface area contributed by atoms with Gasteiger partial charge < -0.3 is 0 Å². The van der Waals surface area contributed by atoms with Gasteiger partial charge in [-0.15, -0.1) is 0 Å². The number of hydrogen-bond acceptors (Lipinski definition) is 0. The summed E-state index contributed by atoms with van der Waals surface area (Å²) in [5, 5.41) is 0. The van der Waals surface area contributed by atoms with Gasteiger partial charge in [-0.1, -0.05) is 109 Å². The quantitative estimate of drug-likeness (QED) is 0.215. The van der Waals surface area contributed by atoms with Gasteiger partial charge in [-0.25, -0.2) is 0 Å². The molecule has 0 N–H and O–H groups in total. The van der Waals surface area contributed by atoms with Crippen LogP contribution in [0, 0.1) is 27.7 Å². The monoisotopic (exact) mass is 514 g/mol. The second-order valence-electron chi connectivity index (χ2n) is 10.9. The van der Waals surface area contributed by atoms with E-state index in [-0.39, 0.29) is 0 Å². The van der Waals surface area contributed by atoms with Crippen LogP contribution >= 0.6 is 0 Å². The van der Waals surface area contributed by atoms with Gasteiger partial charge in [-0.3, -0.25) is 0 Å². The highest BCUT2D eigenvalue weighted by molar-refractivity contribution is 5.84. The molecule has 0 amide bonds. The van der Waals surface area contributed by atoms with Crippen LogP contribution < -0.4 is 0 Å². The average Bonchev–Trinajstić information content (AvgIpc) is 2.99. The molecule has 0 aliphatic rings. The molecule has 0 fully saturated rings. The highest BCUT2D eigenvalue weighted by Gasteiger charge is 2.13. The van der Waals surface area contributed by atoms with E-state index in [9.17, 15) is 0 Å². The van der Waals surface area contributed by atoms with Crippen LogP contribution in [0.2, 0.25) is 0 Å². The zero-order chi connectivity index (χ0) is 27.6. The first-order chi connectivity index (χ1) is 19.5. The third kappa shape index (κ3) is 5.01. The van der Waals surface area contributed by atoms with Crippen LogP contribution in [0.4, 0.5) is 0 Å². The Balaban J connectivity index is 1.43. The van der Waals surface area contributed by atoms with Crippen molar-refractivity contribution in [2.75, 3.05) is 0 Å². The summed E-state index contributed by atoms with van der Waals surface area (Å²) >= 11 is 0. The molecule has 0 atom stereocenters. The van der Waals surface area contributed by atoms with Crippen LogP contribution in [0.5, 0.6) is 0 Å². The Hall–Kier alpha value is -4.68. The summed E-state index contributed by atoms with van der Waals surface area (Å²) in [5.41, 5.74) is 17.8. The molecule has 6 rings (SSSR count). The largest absolute Gasteiger partial charge is 0.0622 e. The summed E-state index contributed by atoms with van der Waals surface area (Å²) in [6.07, 6.45) is 0. The van der Waals surface area contributed by atoms with E-state index in [1.165, 1.54) is 77.9 Å². The van der Waals surface area contributed by atoms with Gasteiger partial charge in [0.2, 0.25) is 0 Å². The summed E-state index contributed by atoms with van der Waals surface area (Å²) < 4.78 is 0. The zero-order valence-corrected chi connectivity index (χ0v) is 23.7. The number of hydrogen-bond donors (Lipinski definition) is 0. The van der Waals surface area contributed by atoms with Crippen molar-refractivity contribution in [2.45, 2.75) is 27.7 Å². The Labute approximate surface area is 238 Å². The Morgan fingerprint density at radius 3 is 0.775 bits per heavy atom. The zero-order valence-electron chi connectivity index (χ0n) is 23.7. The fourth-order valence-electron chi connectivity index (χ4n) is 5.63. The average molecular weight is 515 g/mol. The first kappa shape index (κ1) is 25.6. The Morgan fingerprint density at radius 2 is 0.500 bits per heavy atom. The third-order valence-electron chi connectivity index (χ3n) is 8.08. The van der Waals surface area contributed by atoms with Gasteiger partial charge in [0.25, 0.3) is 0 Å². The highest BCUT2D eigenvalue weighted by Crippen LogP contribution is 2.37. The van der Waals surface area contributed by atoms with Crippen LogP contribution in [0.15, 0.2) is 133 Å². The first-order valence-corrected chi connectivity index (χ1v) is 14.0. The molecule has 0 bridgehead atoms. The van der Waals surface area contributed by atoms with Crippen molar-refractivity contribution in [2.24, 2.45) is 0 Å². The molecule has 0 unspecified atom stereocenters. The highest BCUT2D eigenvalue weighted by atomic mass is 14.2. The molecule has 0 spiro atoms. The van der Waals surface area contributed by atoms with Gasteiger partial charge >= 0.3 is 0 Å². The van der Waals surface area contributed by atoms with Crippen LogP contribution in [0.3, 0.4) is 0 Å². The molecule has 0 heteroatoms. The van der Waals surface area contributed by atoms with E-state index in [4.69, 9.17) is 0 Å². The van der Waals surface area contributed by atoms with Crippen molar-refractivity contribution in [3.05, 3.63) is 156 Å². The summed E-state index contributed by atoms with van der Waals surface area (Å²) in [6, 6.07) is 48.7. The molecule has 6 aromatic carbocycles. The Morgan fingerprint density at radius 1 is 0.250 bits per heavy atom. The SMILES string of the molecule is Cc1ccc(-c2ccccc2)cc1-c1cc(-c2ccc(C)c(-c3cc(-c4ccccc4)ccc3C)c2)ccc1C. The molecule has 0 aliphatic carbocycles. The van der Waals surface area contributed by atoms with Crippen LogP contribution in [0.1, 0.15) is 22.3 Å². The molecule has 0 aromatic heterocycles. The molecular weight excluding hydrogens is 480 g/mol. The normalized spacial score (nSPS) is 11.0. The second-order valence-corrected chi connectivity index (χ2v) is 10.9. The topological polar surface area (TPSA) is 0 Å². The van der Waals surface area contributed by atoms with Gasteiger partial charge in [-0.2, -0.15) is 0 Å². The number of rotatable bonds is 5. The number of benzene rings is 6. The predicted molar refractivity (Wildman–Crippen MR) is 173 cm³/mol. The predicted octanol–water partition coefficient (Wildman–Crippen LogP) is 11.3. The minimum Gasteiger partial charge on any atom is -0.0622 e. The summed E-state index contributed by atoms with van der Waals surface area (Å²) in [6.45, 7) is 8.85. The van der Waals surface area contributed by atoms with Crippen LogP contribution in [0.25, 0.3) is 55.6 Å². The fourth-order valence-corrected chi connectivity index (χ4v) is 5.63. The molecule has 0 nitrogen and oxygen atoms in total. The Bertz CT molecular complexity index is 1670. The fraction of sp³-hybridized carbons (Fsp3) is 0.100. The van der Waals surface area contributed by atoms with Crippen LogP contribution in [-0.2, 0) is 0 Å². The molecule has 0 aliphatic heterocycles. The minimum atomic E-state index is 1.24. The molecule has 0 heterocycles. The molecular formula is C40H34. The molecule has 194 valence electrons. The maximum atomic E-state index is 2.37. The minimum absolute atomic E-state index is 1.24. The van der Waals surface area contributed by atoms with Crippen molar-refractivity contribution < 1.29 is 0 Å². The van der Waals surface area contributed by atoms with Crippen molar-refractivity contribution in [3.63, 3.8) is 0 Å². The van der Waals surface area contributed by atoms with Gasteiger partial charge in [0.05, 0.1) is 0 Å². The van der Waals surface area contributed by atoms with E-state index in [1.807, 2.05) is 0 Å². The van der Waals surface area contributed by atoms with E-state index >= 15 is 0 Å². The maximum Gasteiger partial charge on any atom is -0.0146 e. The van der Waals surface area contributed by atoms with E-state index in [2.05, 4.69) is 161 Å². The summed E-state index contributed by atoms with van der Waals surface area (Å²) in [5.74, 6) is 0. The van der Waals surface area contributed by atoms with Crippen molar-refractivity contribution in [1.29, 1.82) is 0 Å². The summed E-state index contributed by atoms with van der Waals surface area (Å²) in [4.78, 5) is 0. The molecule has 40 heavy (non-hydrogen) atoms. The molecule has 6 aromatic rings. The lowest BCUT2D eigenvalue weighted by Gasteiger charge is -2.16. The van der Waals surface area contributed by atoms with Crippen molar-refractivity contribution >= 4 is 0 Å². The third-order valence-corrected chi connectivity index (χ3v) is 8.08. The number of aryl methyl sites for hydroxylation is 4. The lowest BCUT2D eigenvalue weighted by molar-refractivity contribution is 1.39. The van der Waals surface area contributed by atoms with E-state index in [0.717, 1.165) is 0 Å². The van der Waals surface area contributed by atoms with E-state index < -0.39 is 0 Å². The van der Waals surface area contributed by atoms with Gasteiger partial charge in [0.15, 0.2) is 0 Å². The maximum absolute atomic E-state index is 2.37. The van der Waals surface area contributed by atoms with Crippen LogP contribution in [-0.4, -0.2) is 0 Å². The van der Waals surface area contributed by atoms with Crippen molar-refractivity contribution in [3.8, 4) is 55.6 Å². The Kier molecular flexibility index (Phi) is 6.93. The molecule has 0 saturated carbocycles. The van der Waals surface area contributed by atoms with Gasteiger partial charge in [-0.05, 0) is 130 Å². The smallest absolute Gasteiger partial charge is 0.0146 e. The second kappa shape index (κ2) is 10.8. The van der Waals surface area contributed by atoms with E-state index in [0.29, 0.717) is 0 Å². The summed E-state index contributed by atoms with van der Waals surface area (Å²) in [7, 11) is 0. The lowest BCUT2D eigenvalue weighted by Crippen LogP contribution is -1.92. The standard InChI is InChI=1S/C40H34/c1-27-15-19-33(31-11-7-5-8-12-31)23-37(27)39-25-35(21-17-29(39)3)36-22-18-30(4)40(26-36)38-24-34(20-16-28(38)2)32-13-9-6-10-14-32/h5-26H,1-4H3. The van der Waals surface area contributed by atoms with Crippen molar-refractivity contribution in [1.82, 2.24) is 0 Å². The van der Waals surface area contributed by atoms with Gasteiger partial charge in [0, 0.05) is 0 Å². The molecule has 0 radical (unpaired) electrons. The molecule has 0 saturated heterocycles.